The molecule has 0 bridgehead atoms. The first kappa shape index (κ1) is 11.9. The molecule has 2 rings (SSSR count). The van der Waals surface area contributed by atoms with Gasteiger partial charge in [0.25, 0.3) is 5.91 Å². The van der Waals surface area contributed by atoms with E-state index in [1.165, 1.54) is 12.3 Å². The van der Waals surface area contributed by atoms with Gasteiger partial charge in [0.05, 0.1) is 18.0 Å². The van der Waals surface area contributed by atoms with E-state index in [0.717, 1.165) is 12.6 Å². The molecule has 2 atom stereocenters. The van der Waals surface area contributed by atoms with Gasteiger partial charge in [0, 0.05) is 12.7 Å². The summed E-state index contributed by atoms with van der Waals surface area (Å²) in [7, 11) is 0. The predicted octanol–water partition coefficient (Wildman–Crippen LogP) is 0.665. The lowest BCUT2D eigenvalue weighted by molar-refractivity contribution is -0.126. The van der Waals surface area contributed by atoms with Gasteiger partial charge in [-0.25, -0.2) is 4.39 Å². The summed E-state index contributed by atoms with van der Waals surface area (Å²) in [5.74, 6) is -0.903. The molecule has 0 spiro atoms. The number of anilines is 1. The first-order chi connectivity index (χ1) is 8.20. The van der Waals surface area contributed by atoms with Crippen molar-refractivity contribution in [3.8, 4) is 0 Å². The maximum atomic E-state index is 13.2. The molecule has 0 radical (unpaired) electrons. The molecular formula is C11H14FN3O2. The molecule has 17 heavy (non-hydrogen) atoms. The minimum Gasteiger partial charge on any atom is -0.364 e. The van der Waals surface area contributed by atoms with Gasteiger partial charge in [-0.05, 0) is 18.9 Å². The number of pyridine rings is 1. The van der Waals surface area contributed by atoms with Gasteiger partial charge in [0.15, 0.2) is 5.82 Å². The first-order valence-electron chi connectivity index (χ1n) is 5.46. The quantitative estimate of drug-likeness (QED) is 0.812. The molecule has 92 valence electrons. The average Bonchev–Trinajstić information content (AvgIpc) is 2.81. The van der Waals surface area contributed by atoms with Crippen molar-refractivity contribution < 1.29 is 13.9 Å². The van der Waals surface area contributed by atoms with Gasteiger partial charge >= 0.3 is 0 Å². The minimum atomic E-state index is -0.561. The second-order valence-corrected chi connectivity index (χ2v) is 3.90. The Morgan fingerprint density at radius 2 is 2.47 bits per heavy atom. The summed E-state index contributed by atoms with van der Waals surface area (Å²) in [6.07, 6.45) is 3.21. The van der Waals surface area contributed by atoms with Crippen LogP contribution in [0.25, 0.3) is 0 Å². The number of nitrogens with two attached hydrogens (primary N) is 1. The summed E-state index contributed by atoms with van der Waals surface area (Å²) in [5.41, 5.74) is 5.56. The summed E-state index contributed by atoms with van der Waals surface area (Å²) in [6.45, 7) is 0.396. The van der Waals surface area contributed by atoms with Crippen molar-refractivity contribution in [2.24, 2.45) is 5.73 Å². The fraction of sp³-hybridized carbons (Fsp3) is 0.455. The van der Waals surface area contributed by atoms with Crippen LogP contribution in [0.5, 0.6) is 0 Å². The lowest BCUT2D eigenvalue weighted by atomic mass is 10.2. The standard InChI is InChI=1S/C11H14FN3O2/c12-8-6-14-4-3-9(8)15-11(16)10-2-1-7(5-13)17-10/h3-4,6-7,10H,1-2,5,13H2,(H,14,15,16). The van der Waals surface area contributed by atoms with Crippen LogP contribution in [0.2, 0.25) is 0 Å². The third kappa shape index (κ3) is 2.78. The maximum Gasteiger partial charge on any atom is 0.253 e. The smallest absolute Gasteiger partial charge is 0.253 e. The zero-order valence-corrected chi connectivity index (χ0v) is 9.23. The Hall–Kier alpha value is -1.53. The van der Waals surface area contributed by atoms with E-state index in [4.69, 9.17) is 10.5 Å². The van der Waals surface area contributed by atoms with Crippen LogP contribution < -0.4 is 11.1 Å². The van der Waals surface area contributed by atoms with Crippen molar-refractivity contribution in [3.05, 3.63) is 24.3 Å². The summed E-state index contributed by atoms with van der Waals surface area (Å²) in [5, 5.41) is 2.48. The van der Waals surface area contributed by atoms with Gasteiger partial charge < -0.3 is 15.8 Å². The van der Waals surface area contributed by atoms with Gasteiger partial charge in [-0.1, -0.05) is 0 Å². The Balaban J connectivity index is 1.96. The van der Waals surface area contributed by atoms with Crippen LogP contribution in [0, 0.1) is 5.82 Å². The van der Waals surface area contributed by atoms with Crippen molar-refractivity contribution in [1.29, 1.82) is 0 Å². The molecule has 0 aliphatic carbocycles. The van der Waals surface area contributed by atoms with E-state index < -0.39 is 11.9 Å². The van der Waals surface area contributed by atoms with Gasteiger partial charge in [-0.3, -0.25) is 9.78 Å². The number of rotatable bonds is 3. The molecule has 1 aromatic heterocycles. The molecule has 1 aromatic rings. The zero-order valence-electron chi connectivity index (χ0n) is 9.23. The van der Waals surface area contributed by atoms with E-state index in [-0.39, 0.29) is 17.7 Å². The van der Waals surface area contributed by atoms with Crippen molar-refractivity contribution >= 4 is 11.6 Å². The summed E-state index contributed by atoms with van der Waals surface area (Å²) in [6, 6.07) is 1.41. The molecule has 1 aliphatic rings. The van der Waals surface area contributed by atoms with Crippen molar-refractivity contribution in [1.82, 2.24) is 4.98 Å². The molecule has 6 heteroatoms. The van der Waals surface area contributed by atoms with Crippen molar-refractivity contribution in [2.45, 2.75) is 25.0 Å². The van der Waals surface area contributed by atoms with Crippen LogP contribution in [0.15, 0.2) is 18.5 Å². The Morgan fingerprint density at radius 3 is 3.12 bits per heavy atom. The third-order valence-electron chi connectivity index (χ3n) is 2.69. The largest absolute Gasteiger partial charge is 0.364 e. The number of hydrogen-bond acceptors (Lipinski definition) is 4. The highest BCUT2D eigenvalue weighted by Crippen LogP contribution is 2.21. The Bertz CT molecular complexity index is 413. The first-order valence-corrected chi connectivity index (χ1v) is 5.46. The third-order valence-corrected chi connectivity index (χ3v) is 2.69. The van der Waals surface area contributed by atoms with Crippen molar-refractivity contribution in [2.75, 3.05) is 11.9 Å². The number of nitrogens with zero attached hydrogens (tertiary/aromatic N) is 1. The summed E-state index contributed by atoms with van der Waals surface area (Å²) >= 11 is 0. The molecular weight excluding hydrogens is 225 g/mol. The lowest BCUT2D eigenvalue weighted by Gasteiger charge is -2.12. The second kappa shape index (κ2) is 5.20. The highest BCUT2D eigenvalue weighted by molar-refractivity contribution is 5.94. The number of aromatic nitrogens is 1. The van der Waals surface area contributed by atoms with Crippen molar-refractivity contribution in [3.63, 3.8) is 0 Å². The van der Waals surface area contributed by atoms with E-state index in [1.807, 2.05) is 0 Å². The van der Waals surface area contributed by atoms with E-state index in [2.05, 4.69) is 10.3 Å². The van der Waals surface area contributed by atoms with Gasteiger partial charge in [0.2, 0.25) is 0 Å². The predicted molar refractivity (Wildman–Crippen MR) is 59.8 cm³/mol. The molecule has 1 amide bonds. The molecule has 1 fully saturated rings. The fourth-order valence-electron chi connectivity index (χ4n) is 1.76. The highest BCUT2D eigenvalue weighted by atomic mass is 19.1. The van der Waals surface area contributed by atoms with Gasteiger partial charge in [-0.15, -0.1) is 0 Å². The fourth-order valence-corrected chi connectivity index (χ4v) is 1.76. The topological polar surface area (TPSA) is 77.2 Å². The molecule has 0 aromatic carbocycles. The van der Waals surface area contributed by atoms with Gasteiger partial charge in [0.1, 0.15) is 6.10 Å². The molecule has 1 saturated heterocycles. The summed E-state index contributed by atoms with van der Waals surface area (Å²) in [4.78, 5) is 15.4. The van der Waals surface area contributed by atoms with E-state index in [0.29, 0.717) is 13.0 Å². The van der Waals surface area contributed by atoms with Crippen LogP contribution in [0.4, 0.5) is 10.1 Å². The SMILES string of the molecule is NCC1CCC(C(=O)Nc2ccncc2F)O1. The Morgan fingerprint density at radius 1 is 1.65 bits per heavy atom. The Kier molecular flexibility index (Phi) is 3.65. The Labute approximate surface area is 98.2 Å². The second-order valence-electron chi connectivity index (χ2n) is 3.90. The number of amides is 1. The molecule has 2 heterocycles. The van der Waals surface area contributed by atoms with Crippen LogP contribution in [-0.2, 0) is 9.53 Å². The number of carbonyl (C=O) groups is 1. The zero-order chi connectivity index (χ0) is 12.3. The molecule has 2 unspecified atom stereocenters. The normalized spacial score (nSPS) is 23.6. The molecule has 0 saturated carbocycles. The monoisotopic (exact) mass is 239 g/mol. The number of carbonyl (C=O) groups excluding carboxylic acids is 1. The summed E-state index contributed by atoms with van der Waals surface area (Å²) < 4.78 is 18.7. The minimum absolute atomic E-state index is 0.0759. The number of nitrogens with one attached hydrogen (secondary N) is 1. The van der Waals surface area contributed by atoms with E-state index >= 15 is 0 Å². The van der Waals surface area contributed by atoms with Crippen LogP contribution in [0.3, 0.4) is 0 Å². The highest BCUT2D eigenvalue weighted by Gasteiger charge is 2.30. The molecule has 3 N–H and O–H groups in total. The number of halogens is 1. The van der Waals surface area contributed by atoms with Crippen LogP contribution >= 0.6 is 0 Å². The number of ether oxygens (including phenoxy) is 1. The van der Waals surface area contributed by atoms with E-state index in [1.54, 1.807) is 0 Å². The average molecular weight is 239 g/mol. The molecule has 1 aliphatic heterocycles. The lowest BCUT2D eigenvalue weighted by Crippen LogP contribution is -2.30. The molecule has 5 nitrogen and oxygen atoms in total. The van der Waals surface area contributed by atoms with Crippen LogP contribution in [-0.4, -0.2) is 29.6 Å². The van der Waals surface area contributed by atoms with E-state index in [9.17, 15) is 9.18 Å². The van der Waals surface area contributed by atoms with Crippen LogP contribution in [0.1, 0.15) is 12.8 Å². The number of hydrogen-bond donors (Lipinski definition) is 2. The maximum absolute atomic E-state index is 13.2. The van der Waals surface area contributed by atoms with Gasteiger partial charge in [-0.2, -0.15) is 0 Å².